The van der Waals surface area contributed by atoms with Crippen molar-refractivity contribution in [2.45, 2.75) is 44.1 Å². The standard InChI is InChI=1S/C11H15N3O/c15-11-13-12-10-8-2-6-1-7(3-8)5-9(4-6)14(10)11/h6-9H,1-5H2,(H,13,15)/t6-,7+,8?,9?. The molecule has 1 N–H and O–H groups in total. The molecule has 0 spiro atoms. The number of rotatable bonds is 0. The molecule has 2 fully saturated rings. The highest BCUT2D eigenvalue weighted by Crippen LogP contribution is 2.52. The van der Waals surface area contributed by atoms with Crippen molar-refractivity contribution in [3.8, 4) is 0 Å². The van der Waals surface area contributed by atoms with Crippen LogP contribution in [0.2, 0.25) is 0 Å². The van der Waals surface area contributed by atoms with Crippen LogP contribution < -0.4 is 5.69 Å². The third kappa shape index (κ3) is 0.971. The fourth-order valence-electron chi connectivity index (χ4n) is 4.19. The lowest BCUT2D eigenvalue weighted by molar-refractivity contribution is 0.149. The van der Waals surface area contributed by atoms with Crippen LogP contribution in [0.5, 0.6) is 0 Å². The second kappa shape index (κ2) is 2.54. The zero-order valence-corrected chi connectivity index (χ0v) is 8.65. The highest BCUT2D eigenvalue weighted by molar-refractivity contribution is 5.09. The lowest BCUT2D eigenvalue weighted by Gasteiger charge is -2.37. The van der Waals surface area contributed by atoms with E-state index >= 15 is 0 Å². The first-order valence-corrected chi connectivity index (χ1v) is 5.98. The third-order valence-electron chi connectivity index (χ3n) is 4.58. The maximum absolute atomic E-state index is 11.7. The van der Waals surface area contributed by atoms with Gasteiger partial charge in [0.1, 0.15) is 5.82 Å². The number of aromatic amines is 1. The molecule has 0 saturated heterocycles. The summed E-state index contributed by atoms with van der Waals surface area (Å²) >= 11 is 0. The maximum atomic E-state index is 11.7. The van der Waals surface area contributed by atoms with Gasteiger partial charge in [0, 0.05) is 12.0 Å². The molecule has 2 aliphatic heterocycles. The Morgan fingerprint density at radius 3 is 2.60 bits per heavy atom. The van der Waals surface area contributed by atoms with E-state index in [0.717, 1.165) is 17.7 Å². The number of nitrogens with one attached hydrogen (secondary N) is 1. The van der Waals surface area contributed by atoms with Crippen LogP contribution in [0.25, 0.3) is 0 Å². The van der Waals surface area contributed by atoms with Gasteiger partial charge >= 0.3 is 5.69 Å². The lowest BCUT2D eigenvalue weighted by atomic mass is 9.68. The highest BCUT2D eigenvalue weighted by Gasteiger charge is 2.43. The Balaban J connectivity index is 1.95. The van der Waals surface area contributed by atoms with E-state index in [0.29, 0.717) is 12.0 Å². The van der Waals surface area contributed by atoms with Gasteiger partial charge in [-0.15, -0.1) is 0 Å². The number of aromatic nitrogens is 3. The van der Waals surface area contributed by atoms with Crippen LogP contribution in [-0.4, -0.2) is 14.8 Å². The first-order valence-electron chi connectivity index (χ1n) is 5.98. The Kier molecular flexibility index (Phi) is 1.38. The zero-order valence-electron chi connectivity index (χ0n) is 8.65. The SMILES string of the molecule is O=c1[nH]nc2n1C1C[C@H]3CC2C[C@@H](C1)C3. The summed E-state index contributed by atoms with van der Waals surface area (Å²) in [4.78, 5) is 11.7. The topological polar surface area (TPSA) is 50.7 Å². The molecule has 0 radical (unpaired) electrons. The monoisotopic (exact) mass is 205 g/mol. The second-order valence-electron chi connectivity index (χ2n) is 5.52. The summed E-state index contributed by atoms with van der Waals surface area (Å²) in [5.41, 5.74) is 0.0169. The molecule has 5 rings (SSSR count). The third-order valence-corrected chi connectivity index (χ3v) is 4.58. The zero-order chi connectivity index (χ0) is 9.99. The molecule has 1 aromatic heterocycles. The summed E-state index contributed by atoms with van der Waals surface area (Å²) in [6.45, 7) is 0. The Morgan fingerprint density at radius 1 is 1.13 bits per heavy atom. The van der Waals surface area contributed by atoms with Crippen molar-refractivity contribution in [1.29, 1.82) is 0 Å². The second-order valence-corrected chi connectivity index (χ2v) is 5.52. The molecular weight excluding hydrogens is 190 g/mol. The van der Waals surface area contributed by atoms with Crippen molar-refractivity contribution in [3.63, 3.8) is 0 Å². The van der Waals surface area contributed by atoms with Crippen molar-refractivity contribution in [1.82, 2.24) is 14.8 Å². The average Bonchev–Trinajstić information content (AvgIpc) is 2.50. The van der Waals surface area contributed by atoms with Gasteiger partial charge in [0.25, 0.3) is 0 Å². The van der Waals surface area contributed by atoms with Crippen molar-refractivity contribution in [3.05, 3.63) is 16.3 Å². The van der Waals surface area contributed by atoms with Gasteiger partial charge in [-0.25, -0.2) is 9.89 Å². The van der Waals surface area contributed by atoms with Gasteiger partial charge in [-0.05, 0) is 43.9 Å². The van der Waals surface area contributed by atoms with E-state index in [1.807, 2.05) is 4.57 Å². The molecule has 4 bridgehead atoms. The van der Waals surface area contributed by atoms with Crippen molar-refractivity contribution in [2.24, 2.45) is 11.8 Å². The average molecular weight is 205 g/mol. The minimum Gasteiger partial charge on any atom is -0.276 e. The Hall–Kier alpha value is -1.06. The van der Waals surface area contributed by atoms with E-state index in [9.17, 15) is 4.79 Å². The summed E-state index contributed by atoms with van der Waals surface area (Å²) < 4.78 is 1.96. The van der Waals surface area contributed by atoms with Crippen LogP contribution in [0.4, 0.5) is 0 Å². The van der Waals surface area contributed by atoms with Gasteiger partial charge in [-0.2, -0.15) is 5.10 Å². The first kappa shape index (κ1) is 8.13. The molecule has 4 nitrogen and oxygen atoms in total. The summed E-state index contributed by atoms with van der Waals surface area (Å²) in [6.07, 6.45) is 6.34. The molecule has 4 atom stereocenters. The molecule has 2 unspecified atom stereocenters. The molecule has 80 valence electrons. The van der Waals surface area contributed by atoms with E-state index in [1.165, 1.54) is 32.1 Å². The molecular formula is C11H15N3O. The minimum atomic E-state index is 0.0169. The van der Waals surface area contributed by atoms with Gasteiger partial charge < -0.3 is 0 Å². The van der Waals surface area contributed by atoms with Gasteiger partial charge in [0.15, 0.2) is 0 Å². The van der Waals surface area contributed by atoms with E-state index in [4.69, 9.17) is 0 Å². The van der Waals surface area contributed by atoms with Crippen molar-refractivity contribution in [2.75, 3.05) is 0 Å². The summed E-state index contributed by atoms with van der Waals surface area (Å²) in [7, 11) is 0. The lowest BCUT2D eigenvalue weighted by Crippen LogP contribution is -2.29. The van der Waals surface area contributed by atoms with Crippen LogP contribution in [0.3, 0.4) is 0 Å². The molecule has 3 heterocycles. The smallest absolute Gasteiger partial charge is 0.276 e. The van der Waals surface area contributed by atoms with Crippen LogP contribution in [0.1, 0.15) is 49.9 Å². The first-order chi connectivity index (χ1) is 7.31. The predicted octanol–water partition coefficient (Wildman–Crippen LogP) is 1.42. The van der Waals surface area contributed by atoms with Gasteiger partial charge in [-0.1, -0.05) is 0 Å². The summed E-state index contributed by atoms with van der Waals surface area (Å²) in [6, 6.07) is 0.447. The number of hydrogen-bond donors (Lipinski definition) is 1. The van der Waals surface area contributed by atoms with Crippen molar-refractivity contribution >= 4 is 0 Å². The van der Waals surface area contributed by atoms with Gasteiger partial charge in [0.05, 0.1) is 0 Å². The molecule has 4 aliphatic rings. The summed E-state index contributed by atoms with van der Waals surface area (Å²) in [5.74, 6) is 3.32. The van der Waals surface area contributed by atoms with Crippen molar-refractivity contribution < 1.29 is 0 Å². The molecule has 0 amide bonds. The fraction of sp³-hybridized carbons (Fsp3) is 0.818. The predicted molar refractivity (Wildman–Crippen MR) is 54.7 cm³/mol. The Labute approximate surface area is 87.7 Å². The molecule has 1 aromatic rings. The highest BCUT2D eigenvalue weighted by atomic mass is 16.1. The van der Waals surface area contributed by atoms with E-state index in [2.05, 4.69) is 10.2 Å². The quantitative estimate of drug-likeness (QED) is 0.696. The molecule has 2 aliphatic carbocycles. The van der Waals surface area contributed by atoms with E-state index in [1.54, 1.807) is 0 Å². The number of H-pyrrole nitrogens is 1. The fourth-order valence-corrected chi connectivity index (χ4v) is 4.19. The van der Waals surface area contributed by atoms with Gasteiger partial charge in [-0.3, -0.25) is 4.57 Å². The van der Waals surface area contributed by atoms with E-state index in [-0.39, 0.29) is 5.69 Å². The minimum absolute atomic E-state index is 0.0169. The van der Waals surface area contributed by atoms with Crippen LogP contribution in [-0.2, 0) is 0 Å². The maximum Gasteiger partial charge on any atom is 0.343 e. The number of hydrogen-bond acceptors (Lipinski definition) is 2. The van der Waals surface area contributed by atoms with Crippen LogP contribution >= 0.6 is 0 Å². The molecule has 4 heteroatoms. The van der Waals surface area contributed by atoms with E-state index < -0.39 is 0 Å². The normalized spacial score (nSPS) is 41.6. The molecule has 0 aromatic carbocycles. The van der Waals surface area contributed by atoms with Gasteiger partial charge in [0.2, 0.25) is 0 Å². The Bertz CT molecular complexity index is 447. The van der Waals surface area contributed by atoms with Crippen LogP contribution in [0, 0.1) is 11.8 Å². The largest absolute Gasteiger partial charge is 0.343 e. The molecule has 15 heavy (non-hydrogen) atoms. The molecule has 2 saturated carbocycles. The Morgan fingerprint density at radius 2 is 1.87 bits per heavy atom. The summed E-state index contributed by atoms with van der Waals surface area (Å²) in [5, 5.41) is 6.86. The van der Waals surface area contributed by atoms with Crippen LogP contribution in [0.15, 0.2) is 4.79 Å². The number of nitrogens with zero attached hydrogens (tertiary/aromatic N) is 2.